The second-order valence-electron chi connectivity index (χ2n) is 10.1. The van der Waals surface area contributed by atoms with Crippen molar-refractivity contribution in [2.75, 3.05) is 37.9 Å². The second-order valence-corrected chi connectivity index (χ2v) is 15.6. The van der Waals surface area contributed by atoms with Gasteiger partial charge in [-0.25, -0.2) is 23.7 Å². The molecule has 20 nitrogen and oxygen atoms in total. The minimum Gasteiger partial charge on any atom is -0.382 e. The Kier molecular flexibility index (Phi) is 7.31. The van der Waals surface area contributed by atoms with Gasteiger partial charge < -0.3 is 39.8 Å². The predicted molar refractivity (Wildman–Crippen MR) is 152 cm³/mol. The zero-order valence-electron chi connectivity index (χ0n) is 22.2. The molecule has 0 aliphatic carbocycles. The van der Waals surface area contributed by atoms with Gasteiger partial charge in [0, 0.05) is 0 Å². The number of imidazole rings is 1. The Morgan fingerprint density at radius 1 is 1.04 bits per heavy atom. The number of nitrogens with zero attached hydrogens (tertiary/aromatic N) is 8. The number of aromatic amines is 1. The van der Waals surface area contributed by atoms with Crippen molar-refractivity contribution in [1.82, 2.24) is 44.5 Å². The standard InChI is InChI=1S/C19H21F2N11O9P2S2/c20-11-7-1-38-42(34,44)40-12-8(36-3-18(12,21)31-6-26-9-13(22)24-5-25-14(9)31)2-39-43(35,45)41-19(11,4-37-7)32-15-10(29-30-32)16(33)28-17(23)27-15/h5-8,11-12H,1-4H2,(H,34,44)(H,35,45)(H2,22,24,25)(H3,23,27,28,33)/t7-,8-,11+,12-,18-,19+,42?,43?/m1/s1. The molecule has 7 N–H and O–H groups in total. The molecule has 2 bridgehead atoms. The molecule has 7 rings (SSSR count). The lowest BCUT2D eigenvalue weighted by Crippen LogP contribution is -2.47. The molecule has 4 aromatic heterocycles. The first kappa shape index (κ1) is 30.9. The molecule has 3 saturated heterocycles. The molecule has 45 heavy (non-hydrogen) atoms. The monoisotopic (exact) mass is 711 g/mol. The average Bonchev–Trinajstić information content (AvgIpc) is 3.73. The van der Waals surface area contributed by atoms with Gasteiger partial charge in [-0.2, -0.15) is 9.67 Å². The lowest BCUT2D eigenvalue weighted by Gasteiger charge is -2.33. The number of alkyl halides is 2. The molecule has 0 saturated carbocycles. The van der Waals surface area contributed by atoms with E-state index >= 15 is 8.78 Å². The Labute approximate surface area is 258 Å². The minimum atomic E-state index is -4.53. The second kappa shape index (κ2) is 10.7. The lowest BCUT2D eigenvalue weighted by molar-refractivity contribution is -0.0803. The van der Waals surface area contributed by atoms with Gasteiger partial charge in [-0.1, -0.05) is 5.21 Å². The van der Waals surface area contributed by atoms with E-state index in [1.165, 1.54) is 0 Å². The first-order valence-electron chi connectivity index (χ1n) is 12.7. The van der Waals surface area contributed by atoms with Gasteiger partial charge >= 0.3 is 13.4 Å². The molecule has 2 unspecified atom stereocenters. The van der Waals surface area contributed by atoms with Gasteiger partial charge in [-0.3, -0.25) is 23.4 Å². The first-order valence-corrected chi connectivity index (χ1v) is 17.9. The zero-order chi connectivity index (χ0) is 31.9. The summed E-state index contributed by atoms with van der Waals surface area (Å²) in [5.74, 6) is -3.04. The summed E-state index contributed by atoms with van der Waals surface area (Å²) >= 11 is 10.4. The maximum atomic E-state index is 17.0. The molecular formula is C19H21F2N11O9P2S2. The van der Waals surface area contributed by atoms with E-state index in [1.54, 1.807) is 0 Å². The number of nitrogens with one attached hydrogen (secondary N) is 1. The summed E-state index contributed by atoms with van der Waals surface area (Å²) in [6.07, 6.45) is -4.90. The van der Waals surface area contributed by atoms with Crippen molar-refractivity contribution in [3.63, 3.8) is 0 Å². The highest BCUT2D eigenvalue weighted by molar-refractivity contribution is 8.07. The smallest absolute Gasteiger partial charge is 0.327 e. The summed E-state index contributed by atoms with van der Waals surface area (Å²) in [7, 11) is 0. The number of aromatic nitrogens is 9. The number of ether oxygens (including phenoxy) is 2. The van der Waals surface area contributed by atoms with Crippen LogP contribution in [0.1, 0.15) is 0 Å². The van der Waals surface area contributed by atoms with E-state index in [1.807, 2.05) is 0 Å². The van der Waals surface area contributed by atoms with E-state index in [0.29, 0.717) is 0 Å². The number of halogens is 2. The van der Waals surface area contributed by atoms with Crippen LogP contribution in [0.5, 0.6) is 0 Å². The molecule has 0 aromatic carbocycles. The number of anilines is 2. The molecule has 242 valence electrons. The van der Waals surface area contributed by atoms with E-state index in [0.717, 1.165) is 21.9 Å². The van der Waals surface area contributed by atoms with Gasteiger partial charge in [-0.05, 0) is 23.6 Å². The van der Waals surface area contributed by atoms with Crippen molar-refractivity contribution in [3.8, 4) is 0 Å². The number of fused-ring (bicyclic) bond motifs is 5. The molecule has 3 aliphatic heterocycles. The van der Waals surface area contributed by atoms with Crippen LogP contribution in [0.15, 0.2) is 17.4 Å². The molecule has 0 radical (unpaired) electrons. The van der Waals surface area contributed by atoms with Crippen LogP contribution in [-0.4, -0.2) is 105 Å². The summed E-state index contributed by atoms with van der Waals surface area (Å²) < 4.78 is 68.5. The lowest BCUT2D eigenvalue weighted by atomic mass is 10.1. The topological polar surface area (TPSA) is 268 Å². The maximum absolute atomic E-state index is 17.0. The Balaban J connectivity index is 1.28. The number of hydrogen-bond donors (Lipinski definition) is 5. The van der Waals surface area contributed by atoms with Gasteiger partial charge in [0.25, 0.3) is 5.56 Å². The van der Waals surface area contributed by atoms with Crippen molar-refractivity contribution in [3.05, 3.63) is 23.0 Å². The third-order valence-electron chi connectivity index (χ3n) is 7.31. The van der Waals surface area contributed by atoms with Gasteiger partial charge in [0.15, 0.2) is 34.9 Å². The summed E-state index contributed by atoms with van der Waals surface area (Å²) in [6.45, 7) is -11.8. The van der Waals surface area contributed by atoms with Gasteiger partial charge in [0.2, 0.25) is 17.5 Å². The molecule has 7 heterocycles. The Hall–Kier alpha value is -2.73. The summed E-state index contributed by atoms with van der Waals surface area (Å²) in [5.41, 5.74) is 7.64. The van der Waals surface area contributed by atoms with Crippen LogP contribution in [0.4, 0.5) is 20.5 Å². The van der Waals surface area contributed by atoms with Gasteiger partial charge in [0.05, 0.1) is 19.5 Å². The highest BCUT2D eigenvalue weighted by atomic mass is 32.5. The number of H-pyrrole nitrogens is 1. The maximum Gasteiger partial charge on any atom is 0.327 e. The SMILES string of the molecule is Nc1nc2c(nnn2[C@@]23CO[C@H](COP(O)(=S)O[C@@H]4[C@@H](COP(O)(=S)O2)OC[C@@]4(F)n2cnc4c(N)ncnc42)[C@@H]3F)c(=O)[nH]1. The fourth-order valence-corrected chi connectivity index (χ4v) is 8.26. The Morgan fingerprint density at radius 3 is 2.58 bits per heavy atom. The van der Waals surface area contributed by atoms with Crippen molar-refractivity contribution < 1.29 is 46.1 Å². The van der Waals surface area contributed by atoms with Crippen molar-refractivity contribution in [1.29, 1.82) is 0 Å². The van der Waals surface area contributed by atoms with Crippen molar-refractivity contribution in [2.45, 2.75) is 36.0 Å². The highest BCUT2D eigenvalue weighted by Crippen LogP contribution is 2.56. The fourth-order valence-electron chi connectivity index (χ4n) is 5.23. The molecule has 3 aliphatic rings. The number of nitrogen functional groups attached to an aromatic ring is 2. The summed E-state index contributed by atoms with van der Waals surface area (Å²) in [6, 6.07) is 0. The van der Waals surface area contributed by atoms with Crippen LogP contribution in [0.2, 0.25) is 0 Å². The van der Waals surface area contributed by atoms with Gasteiger partial charge in [0.1, 0.15) is 37.3 Å². The number of nitrogens with two attached hydrogens (primary N) is 2. The van der Waals surface area contributed by atoms with Crippen LogP contribution in [0, 0.1) is 0 Å². The Bertz CT molecular complexity index is 1990. The minimum absolute atomic E-state index is 0.0295. The van der Waals surface area contributed by atoms with E-state index < -0.39 is 81.4 Å². The first-order chi connectivity index (χ1) is 21.2. The normalized spacial score (nSPS) is 37.7. The molecule has 4 aromatic rings. The van der Waals surface area contributed by atoms with E-state index in [9.17, 15) is 14.6 Å². The largest absolute Gasteiger partial charge is 0.382 e. The van der Waals surface area contributed by atoms with E-state index in [-0.39, 0.29) is 34.1 Å². The van der Waals surface area contributed by atoms with Crippen molar-refractivity contribution in [2.24, 2.45) is 0 Å². The van der Waals surface area contributed by atoms with Crippen LogP contribution in [0.25, 0.3) is 22.3 Å². The molecule has 8 atom stereocenters. The quantitative estimate of drug-likeness (QED) is 0.153. The average molecular weight is 712 g/mol. The van der Waals surface area contributed by atoms with Crippen LogP contribution >= 0.6 is 13.4 Å². The highest BCUT2D eigenvalue weighted by Gasteiger charge is 2.60. The molecule has 26 heteroatoms. The van der Waals surface area contributed by atoms with Crippen molar-refractivity contribution >= 4 is 71.1 Å². The predicted octanol–water partition coefficient (Wildman–Crippen LogP) is -1.19. The fraction of sp³-hybridized carbons (Fsp3) is 0.526. The summed E-state index contributed by atoms with van der Waals surface area (Å²) in [4.78, 5) is 52.7. The number of hydrogen-bond acceptors (Lipinski definition) is 17. The van der Waals surface area contributed by atoms with Crippen LogP contribution in [0.3, 0.4) is 0 Å². The number of rotatable bonds is 2. The van der Waals surface area contributed by atoms with E-state index in [4.69, 9.17) is 62.6 Å². The molecule has 0 spiro atoms. The molecular weight excluding hydrogens is 690 g/mol. The molecule has 3 fully saturated rings. The van der Waals surface area contributed by atoms with Crippen LogP contribution < -0.4 is 17.0 Å². The van der Waals surface area contributed by atoms with E-state index in [2.05, 4.69) is 35.2 Å². The third-order valence-corrected chi connectivity index (χ3v) is 10.4. The summed E-state index contributed by atoms with van der Waals surface area (Å²) in [5, 5.41) is 7.53. The Morgan fingerprint density at radius 2 is 1.78 bits per heavy atom. The van der Waals surface area contributed by atoms with Crippen LogP contribution in [-0.2, 0) is 62.7 Å². The van der Waals surface area contributed by atoms with Gasteiger partial charge in [-0.15, -0.1) is 5.10 Å². The zero-order valence-corrected chi connectivity index (χ0v) is 25.7. The third kappa shape index (κ3) is 5.05. The molecule has 0 amide bonds.